The molecule has 16 heavy (non-hydrogen) atoms. The molecule has 5 heteroatoms. The van der Waals surface area contributed by atoms with Crippen LogP contribution in [0.25, 0.3) is 0 Å². The summed E-state index contributed by atoms with van der Waals surface area (Å²) in [7, 11) is 0. The lowest BCUT2D eigenvalue weighted by atomic mass is 9.97. The molecule has 1 heterocycles. The second kappa shape index (κ2) is 5.50. The molecule has 0 spiro atoms. The van der Waals surface area contributed by atoms with Crippen LogP contribution in [0, 0.1) is 0 Å². The van der Waals surface area contributed by atoms with E-state index in [2.05, 4.69) is 21.2 Å². The molecule has 1 aromatic heterocycles. The summed E-state index contributed by atoms with van der Waals surface area (Å²) in [4.78, 5) is 11.9. The van der Waals surface area contributed by atoms with Crippen LogP contribution in [0.15, 0.2) is 21.4 Å². The summed E-state index contributed by atoms with van der Waals surface area (Å²) in [5, 5.41) is 12.1. The van der Waals surface area contributed by atoms with Crippen LogP contribution >= 0.6 is 15.9 Å². The third-order valence-corrected chi connectivity index (χ3v) is 3.04. The molecule has 4 nitrogen and oxygen atoms in total. The van der Waals surface area contributed by atoms with Gasteiger partial charge in [-0.3, -0.25) is 4.79 Å². The maximum Gasteiger partial charge on any atom is 0.256 e. The van der Waals surface area contributed by atoms with Crippen molar-refractivity contribution in [1.82, 2.24) is 5.32 Å². The molecule has 0 aromatic carbocycles. The summed E-state index contributed by atoms with van der Waals surface area (Å²) in [6.45, 7) is 3.75. The molecule has 2 N–H and O–H groups in total. The monoisotopic (exact) mass is 289 g/mol. The lowest BCUT2D eigenvalue weighted by molar-refractivity contribution is 0.0839. The van der Waals surface area contributed by atoms with Gasteiger partial charge in [-0.15, -0.1) is 0 Å². The fourth-order valence-electron chi connectivity index (χ4n) is 1.53. The number of aliphatic hydroxyl groups excluding tert-OH is 1. The molecule has 1 aromatic rings. The Balaban J connectivity index is 2.73. The number of furan rings is 1. The van der Waals surface area contributed by atoms with E-state index in [4.69, 9.17) is 4.42 Å². The summed E-state index contributed by atoms with van der Waals surface area (Å²) >= 11 is 3.15. The third kappa shape index (κ3) is 3.09. The summed E-state index contributed by atoms with van der Waals surface area (Å²) in [5.41, 5.74) is -0.140. The highest BCUT2D eigenvalue weighted by Crippen LogP contribution is 2.19. The molecular formula is C11H16BrNO3. The zero-order valence-corrected chi connectivity index (χ0v) is 11.0. The smallest absolute Gasteiger partial charge is 0.256 e. The zero-order valence-electron chi connectivity index (χ0n) is 9.42. The van der Waals surface area contributed by atoms with Gasteiger partial charge in [-0.05, 0) is 35.3 Å². The lowest BCUT2D eigenvalue weighted by Crippen LogP contribution is -2.48. The van der Waals surface area contributed by atoms with Gasteiger partial charge in [0.25, 0.3) is 5.91 Å². The van der Waals surface area contributed by atoms with Gasteiger partial charge in [-0.2, -0.15) is 0 Å². The quantitative estimate of drug-likeness (QED) is 0.874. The van der Waals surface area contributed by atoms with Gasteiger partial charge in [0, 0.05) is 0 Å². The number of halogens is 1. The number of hydrogen-bond donors (Lipinski definition) is 2. The third-order valence-electron chi connectivity index (χ3n) is 2.43. The second-order valence-electron chi connectivity index (χ2n) is 4.03. The van der Waals surface area contributed by atoms with Crippen molar-refractivity contribution in [3.8, 4) is 0 Å². The largest absolute Gasteiger partial charge is 0.457 e. The van der Waals surface area contributed by atoms with Crippen LogP contribution in [0.3, 0.4) is 0 Å². The van der Waals surface area contributed by atoms with E-state index in [1.807, 2.05) is 13.8 Å². The van der Waals surface area contributed by atoms with Crippen LogP contribution < -0.4 is 5.32 Å². The van der Waals surface area contributed by atoms with E-state index in [9.17, 15) is 9.90 Å². The molecule has 0 aliphatic heterocycles. The molecule has 1 atom stereocenters. The van der Waals surface area contributed by atoms with E-state index in [1.54, 1.807) is 6.07 Å². The molecule has 0 saturated carbocycles. The fraction of sp³-hybridized carbons (Fsp3) is 0.545. The minimum atomic E-state index is -0.581. The maximum atomic E-state index is 11.9. The number of amides is 1. The van der Waals surface area contributed by atoms with Crippen molar-refractivity contribution in [2.75, 3.05) is 6.61 Å². The van der Waals surface area contributed by atoms with E-state index in [1.165, 1.54) is 6.26 Å². The summed E-state index contributed by atoms with van der Waals surface area (Å²) in [6, 6.07) is 1.59. The molecule has 0 aliphatic carbocycles. The first-order valence-corrected chi connectivity index (χ1v) is 5.98. The fourth-order valence-corrected chi connectivity index (χ4v) is 1.95. The van der Waals surface area contributed by atoms with E-state index in [0.717, 1.165) is 12.8 Å². The normalized spacial score (nSPS) is 14.5. The van der Waals surface area contributed by atoms with Crippen molar-refractivity contribution >= 4 is 21.8 Å². The average Bonchev–Trinajstić information content (AvgIpc) is 2.65. The highest BCUT2D eigenvalue weighted by Gasteiger charge is 2.26. The first-order valence-electron chi connectivity index (χ1n) is 5.19. The van der Waals surface area contributed by atoms with Gasteiger partial charge in [0.1, 0.15) is 0 Å². The highest BCUT2D eigenvalue weighted by atomic mass is 79.9. The molecule has 1 amide bonds. The van der Waals surface area contributed by atoms with Gasteiger partial charge in [-0.1, -0.05) is 13.3 Å². The molecular weight excluding hydrogens is 274 g/mol. The standard InChI is InChI=1S/C11H16BrNO3/c1-3-5-11(2,7-14)13-10(15)8-4-6-16-9(8)12/h4,6,14H,3,5,7H2,1-2H3,(H,13,15). The number of nitrogens with one attached hydrogen (secondary N) is 1. The Morgan fingerprint density at radius 3 is 2.81 bits per heavy atom. The Labute approximate surface area is 103 Å². The Kier molecular flexibility index (Phi) is 4.56. The van der Waals surface area contributed by atoms with Gasteiger partial charge in [0.2, 0.25) is 0 Å². The predicted molar refractivity (Wildman–Crippen MR) is 64.3 cm³/mol. The number of carbonyl (C=O) groups excluding carboxylic acids is 1. The van der Waals surface area contributed by atoms with Crippen molar-refractivity contribution < 1.29 is 14.3 Å². The number of rotatable bonds is 5. The van der Waals surface area contributed by atoms with Crippen LogP contribution in [0.5, 0.6) is 0 Å². The van der Waals surface area contributed by atoms with Crippen LogP contribution in [0.2, 0.25) is 0 Å². The van der Waals surface area contributed by atoms with Crippen molar-refractivity contribution in [1.29, 1.82) is 0 Å². The molecule has 0 radical (unpaired) electrons. The summed E-state index contributed by atoms with van der Waals surface area (Å²) in [6.07, 6.45) is 3.06. The van der Waals surface area contributed by atoms with Crippen molar-refractivity contribution in [3.63, 3.8) is 0 Å². The molecule has 1 rings (SSSR count). The molecule has 0 fully saturated rings. The molecule has 90 valence electrons. The van der Waals surface area contributed by atoms with Crippen LogP contribution in [-0.4, -0.2) is 23.2 Å². The molecule has 0 bridgehead atoms. The SMILES string of the molecule is CCCC(C)(CO)NC(=O)c1ccoc1Br. The first kappa shape index (κ1) is 13.3. The Bertz CT molecular complexity index is 364. The number of aliphatic hydroxyl groups is 1. The highest BCUT2D eigenvalue weighted by molar-refractivity contribution is 9.10. The summed E-state index contributed by atoms with van der Waals surface area (Å²) < 4.78 is 5.39. The van der Waals surface area contributed by atoms with Crippen molar-refractivity contribution in [2.24, 2.45) is 0 Å². The molecule has 1 unspecified atom stereocenters. The van der Waals surface area contributed by atoms with E-state index >= 15 is 0 Å². The zero-order chi connectivity index (χ0) is 12.2. The average molecular weight is 290 g/mol. The Hall–Kier alpha value is -0.810. The topological polar surface area (TPSA) is 62.5 Å². The van der Waals surface area contributed by atoms with Gasteiger partial charge in [0.05, 0.1) is 24.0 Å². The van der Waals surface area contributed by atoms with Gasteiger partial charge >= 0.3 is 0 Å². The minimum Gasteiger partial charge on any atom is -0.457 e. The van der Waals surface area contributed by atoms with Gasteiger partial charge < -0.3 is 14.8 Å². The van der Waals surface area contributed by atoms with Gasteiger partial charge in [0.15, 0.2) is 4.67 Å². The Morgan fingerprint density at radius 1 is 1.69 bits per heavy atom. The first-order chi connectivity index (χ1) is 7.52. The van der Waals surface area contributed by atoms with Crippen molar-refractivity contribution in [2.45, 2.75) is 32.2 Å². The van der Waals surface area contributed by atoms with Crippen LogP contribution in [0.4, 0.5) is 0 Å². The van der Waals surface area contributed by atoms with Crippen LogP contribution in [-0.2, 0) is 0 Å². The summed E-state index contributed by atoms with van der Waals surface area (Å²) in [5.74, 6) is -0.245. The number of hydrogen-bond acceptors (Lipinski definition) is 3. The number of carbonyl (C=O) groups is 1. The van der Waals surface area contributed by atoms with Gasteiger partial charge in [-0.25, -0.2) is 0 Å². The van der Waals surface area contributed by atoms with E-state index in [-0.39, 0.29) is 12.5 Å². The second-order valence-corrected chi connectivity index (χ2v) is 4.75. The molecule has 0 aliphatic rings. The van der Waals surface area contributed by atoms with Crippen LogP contribution in [0.1, 0.15) is 37.0 Å². The van der Waals surface area contributed by atoms with E-state index in [0.29, 0.717) is 10.2 Å². The maximum absolute atomic E-state index is 11.9. The molecule has 0 saturated heterocycles. The Morgan fingerprint density at radius 2 is 2.38 bits per heavy atom. The van der Waals surface area contributed by atoms with Crippen molar-refractivity contribution in [3.05, 3.63) is 22.6 Å². The predicted octanol–water partition coefficient (Wildman–Crippen LogP) is 2.32. The van der Waals surface area contributed by atoms with E-state index < -0.39 is 5.54 Å². The minimum absolute atomic E-state index is 0.0813. The lowest BCUT2D eigenvalue weighted by Gasteiger charge is -2.28.